The van der Waals surface area contributed by atoms with Crippen molar-refractivity contribution in [3.8, 4) is 0 Å². The largest absolute Gasteiger partial charge is 0.346 e. The Morgan fingerprint density at radius 2 is 2.46 bits per heavy atom. The SMILES string of the molecule is C=CC(=O)NC1C=C(C)CCCC1. The first-order valence-electron chi connectivity index (χ1n) is 4.82. The standard InChI is InChI=1S/C11H17NO/c1-3-11(13)12-10-7-5-4-6-9(2)8-10/h3,8,10H,1,4-7H2,2H3,(H,12,13). The van der Waals surface area contributed by atoms with Crippen molar-refractivity contribution < 1.29 is 4.79 Å². The van der Waals surface area contributed by atoms with Crippen LogP contribution in [0.25, 0.3) is 0 Å². The summed E-state index contributed by atoms with van der Waals surface area (Å²) in [5, 5.41) is 2.91. The Morgan fingerprint density at radius 1 is 1.69 bits per heavy atom. The van der Waals surface area contributed by atoms with Gasteiger partial charge in [-0.2, -0.15) is 0 Å². The quantitative estimate of drug-likeness (QED) is 0.511. The Kier molecular flexibility index (Phi) is 3.74. The molecule has 72 valence electrons. The second-order valence-corrected chi connectivity index (χ2v) is 3.58. The van der Waals surface area contributed by atoms with Crippen LogP contribution in [0.1, 0.15) is 32.6 Å². The first-order chi connectivity index (χ1) is 6.22. The normalized spacial score (nSPS) is 22.8. The molecule has 0 saturated carbocycles. The van der Waals surface area contributed by atoms with E-state index in [0.29, 0.717) is 0 Å². The van der Waals surface area contributed by atoms with Crippen LogP contribution in [0, 0.1) is 0 Å². The predicted molar refractivity (Wildman–Crippen MR) is 54.4 cm³/mol. The summed E-state index contributed by atoms with van der Waals surface area (Å²) in [6.45, 7) is 5.56. The molecule has 1 rings (SSSR count). The Labute approximate surface area is 79.7 Å². The highest BCUT2D eigenvalue weighted by Crippen LogP contribution is 2.16. The van der Waals surface area contributed by atoms with E-state index in [1.165, 1.54) is 30.9 Å². The molecule has 2 nitrogen and oxygen atoms in total. The van der Waals surface area contributed by atoms with Crippen molar-refractivity contribution in [1.82, 2.24) is 5.32 Å². The van der Waals surface area contributed by atoms with Gasteiger partial charge in [0.1, 0.15) is 0 Å². The van der Waals surface area contributed by atoms with E-state index in [4.69, 9.17) is 0 Å². The molecule has 1 aliphatic rings. The van der Waals surface area contributed by atoms with E-state index in [2.05, 4.69) is 24.9 Å². The number of carbonyl (C=O) groups is 1. The Morgan fingerprint density at radius 3 is 3.15 bits per heavy atom. The van der Waals surface area contributed by atoms with Crippen LogP contribution in [0.15, 0.2) is 24.3 Å². The number of hydrogen-bond acceptors (Lipinski definition) is 1. The number of allylic oxidation sites excluding steroid dienone is 1. The van der Waals surface area contributed by atoms with Gasteiger partial charge in [-0.1, -0.05) is 24.6 Å². The van der Waals surface area contributed by atoms with Gasteiger partial charge in [0, 0.05) is 6.04 Å². The van der Waals surface area contributed by atoms with Gasteiger partial charge in [0.05, 0.1) is 0 Å². The van der Waals surface area contributed by atoms with Gasteiger partial charge in [-0.25, -0.2) is 0 Å². The molecule has 0 aliphatic heterocycles. The fourth-order valence-electron chi connectivity index (χ4n) is 1.63. The molecule has 1 atom stereocenters. The van der Waals surface area contributed by atoms with Crippen molar-refractivity contribution in [2.75, 3.05) is 0 Å². The summed E-state index contributed by atoms with van der Waals surface area (Å²) in [5.41, 5.74) is 1.38. The maximum Gasteiger partial charge on any atom is 0.243 e. The molecule has 0 spiro atoms. The van der Waals surface area contributed by atoms with E-state index in [1.807, 2.05) is 0 Å². The van der Waals surface area contributed by atoms with Gasteiger partial charge in [-0.3, -0.25) is 4.79 Å². The first kappa shape index (κ1) is 10.0. The molecule has 0 aromatic carbocycles. The summed E-state index contributed by atoms with van der Waals surface area (Å²) >= 11 is 0. The zero-order chi connectivity index (χ0) is 9.68. The van der Waals surface area contributed by atoms with E-state index in [1.54, 1.807) is 0 Å². The van der Waals surface area contributed by atoms with Crippen molar-refractivity contribution >= 4 is 5.91 Å². The van der Waals surface area contributed by atoms with Crippen LogP contribution < -0.4 is 5.32 Å². The molecule has 0 radical (unpaired) electrons. The fourth-order valence-corrected chi connectivity index (χ4v) is 1.63. The van der Waals surface area contributed by atoms with Crippen molar-refractivity contribution in [2.24, 2.45) is 0 Å². The number of nitrogens with one attached hydrogen (secondary N) is 1. The minimum atomic E-state index is -0.0732. The van der Waals surface area contributed by atoms with Gasteiger partial charge >= 0.3 is 0 Å². The molecule has 1 N–H and O–H groups in total. The zero-order valence-electron chi connectivity index (χ0n) is 8.18. The Hall–Kier alpha value is -1.05. The molecule has 1 amide bonds. The van der Waals surface area contributed by atoms with Crippen LogP contribution in [-0.4, -0.2) is 11.9 Å². The molecule has 1 unspecified atom stereocenters. The van der Waals surface area contributed by atoms with E-state index in [9.17, 15) is 4.79 Å². The topological polar surface area (TPSA) is 29.1 Å². The van der Waals surface area contributed by atoms with Gasteiger partial charge in [0.15, 0.2) is 0 Å². The number of amides is 1. The lowest BCUT2D eigenvalue weighted by atomic mass is 10.1. The highest BCUT2D eigenvalue weighted by Gasteiger charge is 2.10. The first-order valence-corrected chi connectivity index (χ1v) is 4.82. The molecule has 0 bridgehead atoms. The third-order valence-corrected chi connectivity index (χ3v) is 2.33. The summed E-state index contributed by atoms with van der Waals surface area (Å²) in [6, 6.07) is 0.216. The molecule has 0 aromatic rings. The molecule has 2 heteroatoms. The third kappa shape index (κ3) is 3.45. The van der Waals surface area contributed by atoms with Crippen molar-refractivity contribution in [1.29, 1.82) is 0 Å². The monoisotopic (exact) mass is 179 g/mol. The summed E-state index contributed by atoms with van der Waals surface area (Å²) in [4.78, 5) is 11.0. The van der Waals surface area contributed by atoms with Gasteiger partial charge in [-0.05, 0) is 32.3 Å². The summed E-state index contributed by atoms with van der Waals surface area (Å²) in [7, 11) is 0. The molecule has 0 saturated heterocycles. The molecular formula is C11H17NO. The van der Waals surface area contributed by atoms with Gasteiger partial charge in [0.2, 0.25) is 5.91 Å². The van der Waals surface area contributed by atoms with E-state index < -0.39 is 0 Å². The predicted octanol–water partition coefficient (Wildman–Crippen LogP) is 2.18. The summed E-state index contributed by atoms with van der Waals surface area (Å²) in [6.07, 6.45) is 8.14. The van der Waals surface area contributed by atoms with E-state index >= 15 is 0 Å². The van der Waals surface area contributed by atoms with Crippen LogP contribution in [0.3, 0.4) is 0 Å². The lowest BCUT2D eigenvalue weighted by Gasteiger charge is -2.11. The van der Waals surface area contributed by atoms with Crippen LogP contribution >= 0.6 is 0 Å². The Bertz CT molecular complexity index is 230. The van der Waals surface area contributed by atoms with Crippen LogP contribution in [0.5, 0.6) is 0 Å². The Balaban J connectivity index is 2.52. The number of rotatable bonds is 2. The van der Waals surface area contributed by atoms with Gasteiger partial charge in [-0.15, -0.1) is 0 Å². The average Bonchev–Trinajstić information content (AvgIpc) is 2.30. The third-order valence-electron chi connectivity index (χ3n) is 2.33. The zero-order valence-corrected chi connectivity index (χ0v) is 8.18. The second-order valence-electron chi connectivity index (χ2n) is 3.58. The lowest BCUT2D eigenvalue weighted by Crippen LogP contribution is -2.31. The van der Waals surface area contributed by atoms with Crippen molar-refractivity contribution in [2.45, 2.75) is 38.6 Å². The summed E-state index contributed by atoms with van der Waals surface area (Å²) in [5.74, 6) is -0.0732. The van der Waals surface area contributed by atoms with Gasteiger partial charge in [0.25, 0.3) is 0 Å². The highest BCUT2D eigenvalue weighted by molar-refractivity contribution is 5.87. The second kappa shape index (κ2) is 4.85. The highest BCUT2D eigenvalue weighted by atomic mass is 16.1. The fraction of sp³-hybridized carbons (Fsp3) is 0.545. The van der Waals surface area contributed by atoms with E-state index in [0.717, 1.165) is 6.42 Å². The average molecular weight is 179 g/mol. The minimum absolute atomic E-state index is 0.0732. The molecule has 13 heavy (non-hydrogen) atoms. The molecule has 1 aliphatic carbocycles. The summed E-state index contributed by atoms with van der Waals surface area (Å²) < 4.78 is 0. The van der Waals surface area contributed by atoms with Crippen LogP contribution in [0.2, 0.25) is 0 Å². The van der Waals surface area contributed by atoms with Crippen LogP contribution in [0.4, 0.5) is 0 Å². The number of hydrogen-bond donors (Lipinski definition) is 1. The van der Waals surface area contributed by atoms with Crippen molar-refractivity contribution in [3.63, 3.8) is 0 Å². The molecular weight excluding hydrogens is 162 g/mol. The smallest absolute Gasteiger partial charge is 0.243 e. The maximum absolute atomic E-state index is 11.0. The maximum atomic E-state index is 11.0. The van der Waals surface area contributed by atoms with Gasteiger partial charge < -0.3 is 5.32 Å². The van der Waals surface area contributed by atoms with E-state index in [-0.39, 0.29) is 11.9 Å². The lowest BCUT2D eigenvalue weighted by molar-refractivity contribution is -0.116. The molecule has 0 heterocycles. The minimum Gasteiger partial charge on any atom is -0.346 e. The molecule has 0 fully saturated rings. The molecule has 0 aromatic heterocycles. The van der Waals surface area contributed by atoms with Crippen molar-refractivity contribution in [3.05, 3.63) is 24.3 Å². The van der Waals surface area contributed by atoms with Crippen LogP contribution in [-0.2, 0) is 4.79 Å². The number of carbonyl (C=O) groups excluding carboxylic acids is 1.